The first-order valence-electron chi connectivity index (χ1n) is 6.78. The molecule has 1 N–H and O–H groups in total. The number of hydrogen-bond acceptors (Lipinski definition) is 4. The summed E-state index contributed by atoms with van der Waals surface area (Å²) in [6.07, 6.45) is 3.73. The topological polar surface area (TPSA) is 56.9 Å². The Morgan fingerprint density at radius 1 is 1.63 bits per heavy atom. The Kier molecular flexibility index (Phi) is 4.99. The zero-order valence-corrected chi connectivity index (χ0v) is 11.4. The van der Waals surface area contributed by atoms with Crippen molar-refractivity contribution in [3.63, 3.8) is 0 Å². The molecule has 1 aromatic rings. The van der Waals surface area contributed by atoms with E-state index in [1.54, 1.807) is 18.2 Å². The second-order valence-corrected chi connectivity index (χ2v) is 5.26. The molecule has 1 aliphatic rings. The van der Waals surface area contributed by atoms with Crippen LogP contribution in [0, 0.1) is 5.92 Å². The standard InChI is InChI=1S/C14H22N2O3/c1-15(9-13-5-3-7-19-13)14(18)10-16-6-2-4-12(8-16)11-17/h3,5,7,12,17H,2,4,6,8-11H2,1H3. The second kappa shape index (κ2) is 6.73. The van der Waals surface area contributed by atoms with Gasteiger partial charge in [-0.2, -0.15) is 0 Å². The fraction of sp³-hybridized carbons (Fsp3) is 0.643. The third-order valence-electron chi connectivity index (χ3n) is 3.62. The number of nitrogens with zero attached hydrogens (tertiary/aromatic N) is 2. The highest BCUT2D eigenvalue weighted by Crippen LogP contribution is 2.15. The van der Waals surface area contributed by atoms with Crippen molar-refractivity contribution in [2.24, 2.45) is 5.92 Å². The molecular weight excluding hydrogens is 244 g/mol. The maximum Gasteiger partial charge on any atom is 0.236 e. The Morgan fingerprint density at radius 3 is 3.16 bits per heavy atom. The average Bonchev–Trinajstić information content (AvgIpc) is 2.91. The van der Waals surface area contributed by atoms with E-state index < -0.39 is 0 Å². The Balaban J connectivity index is 1.79. The normalized spacial score (nSPS) is 20.4. The third-order valence-corrected chi connectivity index (χ3v) is 3.62. The zero-order valence-electron chi connectivity index (χ0n) is 11.4. The number of aliphatic hydroxyl groups excluding tert-OH is 1. The summed E-state index contributed by atoms with van der Waals surface area (Å²) in [7, 11) is 1.79. The third kappa shape index (κ3) is 4.08. The van der Waals surface area contributed by atoms with Crippen LogP contribution in [0.5, 0.6) is 0 Å². The fourth-order valence-corrected chi connectivity index (χ4v) is 2.48. The van der Waals surface area contributed by atoms with Crippen molar-refractivity contribution >= 4 is 5.91 Å². The lowest BCUT2D eigenvalue weighted by molar-refractivity contribution is -0.132. The van der Waals surface area contributed by atoms with E-state index in [1.807, 2.05) is 12.1 Å². The van der Waals surface area contributed by atoms with Gasteiger partial charge in [0.15, 0.2) is 0 Å². The Bertz CT molecular complexity index is 391. The van der Waals surface area contributed by atoms with Crippen LogP contribution in [0.25, 0.3) is 0 Å². The van der Waals surface area contributed by atoms with Crippen molar-refractivity contribution in [1.29, 1.82) is 0 Å². The monoisotopic (exact) mass is 266 g/mol. The molecule has 5 nitrogen and oxygen atoms in total. The first kappa shape index (κ1) is 14.1. The van der Waals surface area contributed by atoms with Gasteiger partial charge in [0.2, 0.25) is 5.91 Å². The van der Waals surface area contributed by atoms with Crippen LogP contribution in [-0.4, -0.2) is 54.1 Å². The summed E-state index contributed by atoms with van der Waals surface area (Å²) in [5, 5.41) is 9.19. The van der Waals surface area contributed by atoms with Crippen molar-refractivity contribution in [1.82, 2.24) is 9.80 Å². The second-order valence-electron chi connectivity index (χ2n) is 5.26. The summed E-state index contributed by atoms with van der Waals surface area (Å²) in [4.78, 5) is 15.9. The number of carbonyl (C=O) groups is 1. The molecule has 106 valence electrons. The Labute approximate surface area is 113 Å². The largest absolute Gasteiger partial charge is 0.467 e. The van der Waals surface area contributed by atoms with Crippen molar-refractivity contribution in [3.8, 4) is 0 Å². The SMILES string of the molecule is CN(Cc1ccco1)C(=O)CN1CCCC(CO)C1. The first-order chi connectivity index (χ1) is 9.19. The molecule has 0 radical (unpaired) electrons. The minimum Gasteiger partial charge on any atom is -0.467 e. The lowest BCUT2D eigenvalue weighted by Gasteiger charge is -2.32. The van der Waals surface area contributed by atoms with E-state index in [-0.39, 0.29) is 12.5 Å². The number of likely N-dealkylation sites (tertiary alicyclic amines) is 1. The molecule has 19 heavy (non-hydrogen) atoms. The van der Waals surface area contributed by atoms with E-state index in [1.165, 1.54) is 0 Å². The Morgan fingerprint density at radius 2 is 2.47 bits per heavy atom. The average molecular weight is 266 g/mol. The van der Waals surface area contributed by atoms with Crippen LogP contribution in [0.3, 0.4) is 0 Å². The zero-order chi connectivity index (χ0) is 13.7. The Hall–Kier alpha value is -1.33. The maximum atomic E-state index is 12.1. The summed E-state index contributed by atoms with van der Waals surface area (Å²) < 4.78 is 5.24. The van der Waals surface area contributed by atoms with E-state index in [2.05, 4.69) is 4.90 Å². The minimum absolute atomic E-state index is 0.0926. The van der Waals surface area contributed by atoms with Crippen LogP contribution in [0.1, 0.15) is 18.6 Å². The lowest BCUT2D eigenvalue weighted by atomic mass is 9.99. The highest BCUT2D eigenvalue weighted by molar-refractivity contribution is 5.77. The van der Waals surface area contributed by atoms with Gasteiger partial charge in [0.05, 0.1) is 19.4 Å². The molecule has 2 heterocycles. The van der Waals surface area contributed by atoms with Crippen LogP contribution in [0.4, 0.5) is 0 Å². The van der Waals surface area contributed by atoms with Gasteiger partial charge < -0.3 is 14.4 Å². The quantitative estimate of drug-likeness (QED) is 0.862. The number of carbonyl (C=O) groups excluding carboxylic acids is 1. The van der Waals surface area contributed by atoms with Crippen LogP contribution in [-0.2, 0) is 11.3 Å². The predicted molar refractivity (Wildman–Crippen MR) is 71.4 cm³/mol. The van der Waals surface area contributed by atoms with Gasteiger partial charge in [-0.15, -0.1) is 0 Å². The van der Waals surface area contributed by atoms with E-state index in [0.29, 0.717) is 19.0 Å². The molecule has 1 amide bonds. The van der Waals surface area contributed by atoms with E-state index in [0.717, 1.165) is 31.7 Å². The molecule has 2 rings (SSSR count). The molecule has 1 unspecified atom stereocenters. The summed E-state index contributed by atoms with van der Waals surface area (Å²) in [5.74, 6) is 1.20. The summed E-state index contributed by atoms with van der Waals surface area (Å²) in [6.45, 7) is 2.90. The highest BCUT2D eigenvalue weighted by atomic mass is 16.3. The van der Waals surface area contributed by atoms with Crippen molar-refractivity contribution in [3.05, 3.63) is 24.2 Å². The summed E-state index contributed by atoms with van der Waals surface area (Å²) in [6, 6.07) is 3.69. The van der Waals surface area contributed by atoms with Crippen molar-refractivity contribution in [2.45, 2.75) is 19.4 Å². The molecule has 5 heteroatoms. The lowest BCUT2D eigenvalue weighted by Crippen LogP contribution is -2.43. The number of hydrogen-bond donors (Lipinski definition) is 1. The van der Waals surface area contributed by atoms with Crippen LogP contribution >= 0.6 is 0 Å². The number of piperidine rings is 1. The van der Waals surface area contributed by atoms with Crippen LogP contribution in [0.2, 0.25) is 0 Å². The number of aliphatic hydroxyl groups is 1. The van der Waals surface area contributed by atoms with Gasteiger partial charge in [0.25, 0.3) is 0 Å². The number of amides is 1. The van der Waals surface area contributed by atoms with Crippen LogP contribution < -0.4 is 0 Å². The molecule has 1 atom stereocenters. The van der Waals surface area contributed by atoms with E-state index in [9.17, 15) is 9.90 Å². The van der Waals surface area contributed by atoms with E-state index >= 15 is 0 Å². The predicted octanol–water partition coefficient (Wildman–Crippen LogP) is 0.942. The smallest absolute Gasteiger partial charge is 0.236 e. The maximum absolute atomic E-state index is 12.1. The van der Waals surface area contributed by atoms with Gasteiger partial charge in [-0.05, 0) is 37.4 Å². The summed E-state index contributed by atoms with van der Waals surface area (Å²) >= 11 is 0. The minimum atomic E-state index is 0.0926. The number of furan rings is 1. The number of likely N-dealkylation sites (N-methyl/N-ethyl adjacent to an activating group) is 1. The van der Waals surface area contributed by atoms with Crippen molar-refractivity contribution < 1.29 is 14.3 Å². The number of rotatable bonds is 5. The molecular formula is C14H22N2O3. The molecule has 1 aromatic heterocycles. The molecule has 0 aliphatic carbocycles. The van der Waals surface area contributed by atoms with Gasteiger partial charge in [0, 0.05) is 20.2 Å². The van der Waals surface area contributed by atoms with E-state index in [4.69, 9.17) is 4.42 Å². The summed E-state index contributed by atoms with van der Waals surface area (Å²) in [5.41, 5.74) is 0. The molecule has 1 saturated heterocycles. The van der Waals surface area contributed by atoms with Crippen molar-refractivity contribution in [2.75, 3.05) is 33.3 Å². The molecule has 1 aliphatic heterocycles. The molecule has 1 fully saturated rings. The fourth-order valence-electron chi connectivity index (χ4n) is 2.48. The molecule has 0 spiro atoms. The van der Waals surface area contributed by atoms with Gasteiger partial charge in [0.1, 0.15) is 5.76 Å². The van der Waals surface area contributed by atoms with Gasteiger partial charge in [-0.3, -0.25) is 9.69 Å². The van der Waals surface area contributed by atoms with Crippen LogP contribution in [0.15, 0.2) is 22.8 Å². The molecule has 0 aromatic carbocycles. The van der Waals surface area contributed by atoms with Gasteiger partial charge in [-0.25, -0.2) is 0 Å². The highest BCUT2D eigenvalue weighted by Gasteiger charge is 2.22. The molecule has 0 saturated carbocycles. The van der Waals surface area contributed by atoms with Gasteiger partial charge in [-0.1, -0.05) is 0 Å². The first-order valence-corrected chi connectivity index (χ1v) is 6.78. The van der Waals surface area contributed by atoms with Gasteiger partial charge >= 0.3 is 0 Å². The molecule has 0 bridgehead atoms.